The van der Waals surface area contributed by atoms with Gasteiger partial charge in [-0.05, 0) is 31.0 Å². The van der Waals surface area contributed by atoms with Gasteiger partial charge in [0.2, 0.25) is 0 Å². The van der Waals surface area contributed by atoms with Crippen LogP contribution in [0.1, 0.15) is 30.4 Å². The Kier molecular flexibility index (Phi) is 5.43. The van der Waals surface area contributed by atoms with Crippen LogP contribution in [-0.2, 0) is 11.3 Å². The lowest BCUT2D eigenvalue weighted by Crippen LogP contribution is -2.14. The van der Waals surface area contributed by atoms with Crippen molar-refractivity contribution >= 4 is 5.97 Å². The first kappa shape index (κ1) is 13.5. The Morgan fingerprint density at radius 1 is 1.47 bits per heavy atom. The molecular weight excluding hydrogens is 214 g/mol. The first-order valence-corrected chi connectivity index (χ1v) is 5.78. The van der Waals surface area contributed by atoms with Crippen molar-refractivity contribution in [1.82, 2.24) is 5.32 Å². The fourth-order valence-electron chi connectivity index (χ4n) is 1.50. The lowest BCUT2D eigenvalue weighted by Gasteiger charge is -2.08. The number of carbonyl (C=O) groups is 1. The third-order valence-electron chi connectivity index (χ3n) is 2.70. The van der Waals surface area contributed by atoms with Gasteiger partial charge < -0.3 is 10.4 Å². The van der Waals surface area contributed by atoms with E-state index in [9.17, 15) is 4.79 Å². The standard InChI is InChI=1S/C14H19NO2/c1-3-4-9-15-10-12-5-7-13(8-6-12)11(2)14(16)17/h3,5-8,11,15H,1,4,9-10H2,2H3,(H,16,17). The summed E-state index contributed by atoms with van der Waals surface area (Å²) in [5, 5.41) is 12.2. The van der Waals surface area contributed by atoms with E-state index in [2.05, 4.69) is 11.9 Å². The molecule has 1 atom stereocenters. The van der Waals surface area contributed by atoms with Gasteiger partial charge in [-0.15, -0.1) is 6.58 Å². The van der Waals surface area contributed by atoms with Crippen molar-refractivity contribution in [2.45, 2.75) is 25.8 Å². The van der Waals surface area contributed by atoms with Crippen LogP contribution in [0, 0.1) is 0 Å². The molecule has 2 N–H and O–H groups in total. The van der Waals surface area contributed by atoms with Crippen LogP contribution in [-0.4, -0.2) is 17.6 Å². The van der Waals surface area contributed by atoms with E-state index in [1.165, 1.54) is 0 Å². The second-order valence-electron chi connectivity index (χ2n) is 4.06. The van der Waals surface area contributed by atoms with Crippen molar-refractivity contribution in [2.75, 3.05) is 6.54 Å². The molecule has 0 amide bonds. The Morgan fingerprint density at radius 2 is 2.12 bits per heavy atom. The second kappa shape index (κ2) is 6.86. The summed E-state index contributed by atoms with van der Waals surface area (Å²) in [5.41, 5.74) is 2.00. The highest BCUT2D eigenvalue weighted by Gasteiger charge is 2.12. The van der Waals surface area contributed by atoms with Crippen LogP contribution in [0.5, 0.6) is 0 Å². The van der Waals surface area contributed by atoms with E-state index in [4.69, 9.17) is 5.11 Å². The van der Waals surface area contributed by atoms with Crippen molar-refractivity contribution in [3.05, 3.63) is 48.0 Å². The normalized spacial score (nSPS) is 12.1. The van der Waals surface area contributed by atoms with Gasteiger partial charge in [0.25, 0.3) is 0 Å². The molecule has 0 aliphatic carbocycles. The van der Waals surface area contributed by atoms with E-state index in [0.717, 1.165) is 30.6 Å². The summed E-state index contributed by atoms with van der Waals surface area (Å²) in [5.74, 6) is -1.24. The molecule has 0 aromatic heterocycles. The maximum atomic E-state index is 10.8. The maximum absolute atomic E-state index is 10.8. The Hall–Kier alpha value is -1.61. The van der Waals surface area contributed by atoms with Gasteiger partial charge in [0.1, 0.15) is 0 Å². The van der Waals surface area contributed by atoms with Crippen molar-refractivity contribution in [1.29, 1.82) is 0 Å². The fourth-order valence-corrected chi connectivity index (χ4v) is 1.50. The number of hydrogen-bond donors (Lipinski definition) is 2. The Bertz CT molecular complexity index is 370. The van der Waals surface area contributed by atoms with E-state index < -0.39 is 11.9 Å². The molecule has 1 rings (SSSR count). The molecule has 3 nitrogen and oxygen atoms in total. The number of rotatable bonds is 7. The van der Waals surface area contributed by atoms with Crippen LogP contribution in [0.3, 0.4) is 0 Å². The molecule has 0 spiro atoms. The monoisotopic (exact) mass is 233 g/mol. The molecule has 0 bridgehead atoms. The van der Waals surface area contributed by atoms with Gasteiger partial charge in [-0.25, -0.2) is 0 Å². The lowest BCUT2D eigenvalue weighted by atomic mass is 10.0. The van der Waals surface area contributed by atoms with E-state index >= 15 is 0 Å². The first-order chi connectivity index (χ1) is 8.15. The smallest absolute Gasteiger partial charge is 0.310 e. The molecular formula is C14H19NO2. The average Bonchev–Trinajstić information content (AvgIpc) is 2.34. The zero-order valence-electron chi connectivity index (χ0n) is 10.1. The lowest BCUT2D eigenvalue weighted by molar-refractivity contribution is -0.138. The summed E-state index contributed by atoms with van der Waals surface area (Å²) < 4.78 is 0. The highest BCUT2D eigenvalue weighted by molar-refractivity contribution is 5.75. The van der Waals surface area contributed by atoms with E-state index in [1.807, 2.05) is 30.3 Å². The van der Waals surface area contributed by atoms with E-state index in [-0.39, 0.29) is 0 Å². The van der Waals surface area contributed by atoms with E-state index in [1.54, 1.807) is 6.92 Å². The highest BCUT2D eigenvalue weighted by Crippen LogP contribution is 2.15. The zero-order chi connectivity index (χ0) is 12.7. The van der Waals surface area contributed by atoms with Crippen LogP contribution in [0.4, 0.5) is 0 Å². The molecule has 1 aromatic rings. The summed E-state index contributed by atoms with van der Waals surface area (Å²) in [7, 11) is 0. The molecule has 0 aliphatic heterocycles. The van der Waals surface area contributed by atoms with E-state index in [0.29, 0.717) is 0 Å². The first-order valence-electron chi connectivity index (χ1n) is 5.78. The highest BCUT2D eigenvalue weighted by atomic mass is 16.4. The number of aliphatic carboxylic acids is 1. The molecule has 1 unspecified atom stereocenters. The van der Waals surface area contributed by atoms with Gasteiger partial charge in [-0.3, -0.25) is 4.79 Å². The molecule has 0 saturated heterocycles. The molecule has 92 valence electrons. The van der Waals surface area contributed by atoms with Crippen LogP contribution in [0.15, 0.2) is 36.9 Å². The number of carboxylic acid groups (broad SMARTS) is 1. The minimum atomic E-state index is -0.790. The van der Waals surface area contributed by atoms with Gasteiger partial charge in [-0.1, -0.05) is 30.3 Å². The number of hydrogen-bond acceptors (Lipinski definition) is 2. The summed E-state index contributed by atoms with van der Waals surface area (Å²) in [4.78, 5) is 10.8. The molecule has 1 aromatic carbocycles. The average molecular weight is 233 g/mol. The summed E-state index contributed by atoms with van der Waals surface area (Å²) in [6, 6.07) is 7.69. The van der Waals surface area contributed by atoms with Crippen LogP contribution in [0.2, 0.25) is 0 Å². The molecule has 17 heavy (non-hydrogen) atoms. The van der Waals surface area contributed by atoms with Crippen molar-refractivity contribution in [3.8, 4) is 0 Å². The van der Waals surface area contributed by atoms with Crippen molar-refractivity contribution in [3.63, 3.8) is 0 Å². The van der Waals surface area contributed by atoms with Gasteiger partial charge in [0.05, 0.1) is 5.92 Å². The maximum Gasteiger partial charge on any atom is 0.310 e. The van der Waals surface area contributed by atoms with Gasteiger partial charge >= 0.3 is 5.97 Å². The van der Waals surface area contributed by atoms with Crippen LogP contribution in [0.25, 0.3) is 0 Å². The molecule has 0 radical (unpaired) electrons. The van der Waals surface area contributed by atoms with Crippen LogP contribution < -0.4 is 5.32 Å². The SMILES string of the molecule is C=CCCNCc1ccc(C(C)C(=O)O)cc1. The topological polar surface area (TPSA) is 49.3 Å². The van der Waals surface area contributed by atoms with Crippen LogP contribution >= 0.6 is 0 Å². The third kappa shape index (κ3) is 4.41. The quantitative estimate of drug-likeness (QED) is 0.562. The predicted octanol–water partition coefficient (Wildman–Crippen LogP) is 2.54. The molecule has 0 aliphatic rings. The molecule has 0 heterocycles. The van der Waals surface area contributed by atoms with Gasteiger partial charge in [-0.2, -0.15) is 0 Å². The molecule has 0 fully saturated rings. The third-order valence-corrected chi connectivity index (χ3v) is 2.70. The second-order valence-corrected chi connectivity index (χ2v) is 4.06. The molecule has 3 heteroatoms. The van der Waals surface area contributed by atoms with Crippen molar-refractivity contribution < 1.29 is 9.90 Å². The Morgan fingerprint density at radius 3 is 2.65 bits per heavy atom. The zero-order valence-corrected chi connectivity index (χ0v) is 10.1. The van der Waals surface area contributed by atoms with Crippen molar-refractivity contribution in [2.24, 2.45) is 0 Å². The number of nitrogens with one attached hydrogen (secondary N) is 1. The van der Waals surface area contributed by atoms with Gasteiger partial charge in [0.15, 0.2) is 0 Å². The largest absolute Gasteiger partial charge is 0.481 e. The number of carboxylic acids is 1. The van der Waals surface area contributed by atoms with Gasteiger partial charge in [0, 0.05) is 6.54 Å². The minimum absolute atomic E-state index is 0.447. The predicted molar refractivity (Wildman–Crippen MR) is 69.0 cm³/mol. The minimum Gasteiger partial charge on any atom is -0.481 e. The summed E-state index contributed by atoms with van der Waals surface area (Å²) >= 11 is 0. The Labute approximate surface area is 102 Å². The summed E-state index contributed by atoms with van der Waals surface area (Å²) in [6.07, 6.45) is 2.83. The summed E-state index contributed by atoms with van der Waals surface area (Å²) in [6.45, 7) is 7.07. The Balaban J connectivity index is 2.50. The fraction of sp³-hybridized carbons (Fsp3) is 0.357. The number of benzene rings is 1. The molecule has 0 saturated carbocycles.